The molecular weight excluding hydrogens is 444 g/mol. The lowest BCUT2D eigenvalue weighted by Gasteiger charge is -2.19. The first-order valence-corrected chi connectivity index (χ1v) is 9.31. The summed E-state index contributed by atoms with van der Waals surface area (Å²) in [5, 5.41) is 0. The molecule has 1 unspecified atom stereocenters. The van der Waals surface area contributed by atoms with Crippen LogP contribution >= 0.6 is 15.9 Å². The van der Waals surface area contributed by atoms with Crippen LogP contribution in [0.4, 0.5) is 5.69 Å². The number of halogens is 1. The molecule has 0 saturated heterocycles. The van der Waals surface area contributed by atoms with Crippen LogP contribution in [0.3, 0.4) is 0 Å². The predicted molar refractivity (Wildman–Crippen MR) is 110 cm³/mol. The smallest absolute Gasteiger partial charge is 0.313 e. The molecular formula is C20H21BrN2O6. The van der Waals surface area contributed by atoms with Crippen molar-refractivity contribution in [2.45, 2.75) is 12.5 Å². The molecule has 2 aromatic rings. The van der Waals surface area contributed by atoms with Crippen LogP contribution < -0.4 is 20.3 Å². The molecule has 2 N–H and O–H groups in total. The van der Waals surface area contributed by atoms with Gasteiger partial charge < -0.3 is 19.6 Å². The lowest BCUT2D eigenvalue weighted by atomic mass is 9.99. The van der Waals surface area contributed by atoms with E-state index >= 15 is 0 Å². The minimum absolute atomic E-state index is 0.312. The van der Waals surface area contributed by atoms with E-state index < -0.39 is 30.0 Å². The fraction of sp³-hybridized carbons (Fsp3) is 0.250. The summed E-state index contributed by atoms with van der Waals surface area (Å²) in [5.74, 6) is -0.840. The number of hydrazine groups is 1. The Balaban J connectivity index is 2.25. The van der Waals surface area contributed by atoms with Gasteiger partial charge in [-0.25, -0.2) is 5.43 Å². The summed E-state index contributed by atoms with van der Waals surface area (Å²) in [4.78, 5) is 37.0. The quantitative estimate of drug-likeness (QED) is 0.239. The number of Topliss-reactive ketones (excluding diaryl/α,β-unsaturated/α-hetero) is 2. The third kappa shape index (κ3) is 6.03. The van der Waals surface area contributed by atoms with Crippen molar-refractivity contribution in [2.24, 2.45) is 0 Å². The summed E-state index contributed by atoms with van der Waals surface area (Å²) in [6.45, 7) is 0. The first-order chi connectivity index (χ1) is 13.9. The number of hydrogen-bond acceptors (Lipinski definition) is 8. The summed E-state index contributed by atoms with van der Waals surface area (Å²) >= 11 is 3.30. The lowest BCUT2D eigenvalue weighted by Crippen LogP contribution is -2.47. The van der Waals surface area contributed by atoms with Crippen molar-refractivity contribution in [3.8, 4) is 11.5 Å². The zero-order chi connectivity index (χ0) is 21.4. The average Bonchev–Trinajstić information content (AvgIpc) is 2.74. The van der Waals surface area contributed by atoms with E-state index in [2.05, 4.69) is 31.5 Å². The van der Waals surface area contributed by atoms with Crippen molar-refractivity contribution < 1.29 is 28.6 Å². The molecule has 0 amide bonds. The van der Waals surface area contributed by atoms with Gasteiger partial charge in [-0.15, -0.1) is 0 Å². The summed E-state index contributed by atoms with van der Waals surface area (Å²) < 4.78 is 15.8. The Bertz CT molecular complexity index is 885. The van der Waals surface area contributed by atoms with E-state index in [1.165, 1.54) is 21.3 Å². The molecule has 154 valence electrons. The molecule has 0 aliphatic heterocycles. The highest BCUT2D eigenvalue weighted by Gasteiger charge is 2.29. The van der Waals surface area contributed by atoms with E-state index in [-0.39, 0.29) is 0 Å². The second-order valence-corrected chi connectivity index (χ2v) is 6.77. The highest BCUT2D eigenvalue weighted by molar-refractivity contribution is 9.10. The molecule has 2 rings (SSSR count). The zero-order valence-corrected chi connectivity index (χ0v) is 17.7. The first kappa shape index (κ1) is 22.4. The maximum absolute atomic E-state index is 12.9. The number of carbonyl (C=O) groups excluding carboxylic acids is 3. The standard InChI is InChI=1S/C20H21BrN2O6/c1-27-14-8-9-15(17(10-14)28-2)22-23-19(16(24)11-18(25)29-3)20(26)12-4-6-13(21)7-5-12/h4-10,19,22-23H,11H2,1-3H3. The molecule has 8 nitrogen and oxygen atoms in total. The van der Waals surface area contributed by atoms with Crippen LogP contribution in [-0.2, 0) is 14.3 Å². The van der Waals surface area contributed by atoms with E-state index in [1.807, 2.05) is 0 Å². The number of esters is 1. The van der Waals surface area contributed by atoms with Crippen molar-refractivity contribution in [3.05, 3.63) is 52.5 Å². The van der Waals surface area contributed by atoms with Crippen molar-refractivity contribution >= 4 is 39.2 Å². The number of ether oxygens (including phenoxy) is 3. The third-order valence-electron chi connectivity index (χ3n) is 4.02. The Labute approximate surface area is 176 Å². The normalized spacial score (nSPS) is 11.3. The van der Waals surface area contributed by atoms with Crippen LogP contribution in [0.5, 0.6) is 11.5 Å². The van der Waals surface area contributed by atoms with Gasteiger partial charge in [-0.1, -0.05) is 28.1 Å². The van der Waals surface area contributed by atoms with Crippen LogP contribution in [0.1, 0.15) is 16.8 Å². The van der Waals surface area contributed by atoms with Gasteiger partial charge in [0, 0.05) is 16.1 Å². The van der Waals surface area contributed by atoms with Gasteiger partial charge in [-0.2, -0.15) is 0 Å². The molecule has 1 atom stereocenters. The van der Waals surface area contributed by atoms with Crippen LogP contribution in [0.15, 0.2) is 46.9 Å². The highest BCUT2D eigenvalue weighted by Crippen LogP contribution is 2.28. The lowest BCUT2D eigenvalue weighted by molar-refractivity contribution is -0.143. The van der Waals surface area contributed by atoms with E-state index in [0.717, 1.165) is 4.47 Å². The zero-order valence-electron chi connectivity index (χ0n) is 16.2. The SMILES string of the molecule is COC(=O)CC(=O)C(NNc1ccc(OC)cc1OC)C(=O)c1ccc(Br)cc1. The number of carbonyl (C=O) groups is 3. The van der Waals surface area contributed by atoms with Gasteiger partial charge in [0.05, 0.1) is 27.0 Å². The molecule has 29 heavy (non-hydrogen) atoms. The average molecular weight is 465 g/mol. The van der Waals surface area contributed by atoms with Gasteiger partial charge in [0.2, 0.25) is 0 Å². The fourth-order valence-electron chi connectivity index (χ4n) is 2.44. The van der Waals surface area contributed by atoms with Crippen molar-refractivity contribution in [1.29, 1.82) is 0 Å². The Kier molecular flexibility index (Phi) is 8.17. The minimum atomic E-state index is -1.32. The first-order valence-electron chi connectivity index (χ1n) is 8.52. The van der Waals surface area contributed by atoms with E-state index in [4.69, 9.17) is 9.47 Å². The fourth-order valence-corrected chi connectivity index (χ4v) is 2.71. The van der Waals surface area contributed by atoms with Crippen molar-refractivity contribution in [3.63, 3.8) is 0 Å². The number of anilines is 1. The van der Waals surface area contributed by atoms with Gasteiger partial charge >= 0.3 is 5.97 Å². The van der Waals surface area contributed by atoms with Gasteiger partial charge in [-0.05, 0) is 24.3 Å². The largest absolute Gasteiger partial charge is 0.497 e. The topological polar surface area (TPSA) is 103 Å². The predicted octanol–water partition coefficient (Wildman–Crippen LogP) is 2.77. The number of nitrogens with one attached hydrogen (secondary N) is 2. The Hall–Kier alpha value is -2.91. The number of hydrogen-bond donors (Lipinski definition) is 2. The van der Waals surface area contributed by atoms with Gasteiger partial charge in [-0.3, -0.25) is 14.4 Å². The number of ketones is 2. The molecule has 0 radical (unpaired) electrons. The van der Waals surface area contributed by atoms with E-state index in [1.54, 1.807) is 42.5 Å². The molecule has 9 heteroatoms. The second-order valence-electron chi connectivity index (χ2n) is 5.86. The van der Waals surface area contributed by atoms with Crippen molar-refractivity contribution in [1.82, 2.24) is 5.43 Å². The molecule has 0 aliphatic rings. The number of benzene rings is 2. The molecule has 2 aromatic carbocycles. The Morgan fingerprint density at radius 3 is 2.28 bits per heavy atom. The van der Waals surface area contributed by atoms with E-state index in [0.29, 0.717) is 22.7 Å². The second kappa shape index (κ2) is 10.6. The van der Waals surface area contributed by atoms with Crippen LogP contribution in [-0.4, -0.2) is 44.9 Å². The summed E-state index contributed by atoms with van der Waals surface area (Å²) in [7, 11) is 4.18. The van der Waals surface area contributed by atoms with Crippen LogP contribution in [0.2, 0.25) is 0 Å². The maximum Gasteiger partial charge on any atom is 0.313 e. The molecule has 0 aliphatic carbocycles. The Morgan fingerprint density at radius 1 is 1.00 bits per heavy atom. The highest BCUT2D eigenvalue weighted by atomic mass is 79.9. The van der Waals surface area contributed by atoms with Gasteiger partial charge in [0.15, 0.2) is 11.6 Å². The van der Waals surface area contributed by atoms with E-state index in [9.17, 15) is 14.4 Å². The van der Waals surface area contributed by atoms with Crippen molar-refractivity contribution in [2.75, 3.05) is 26.8 Å². The Morgan fingerprint density at radius 2 is 1.69 bits per heavy atom. The summed E-state index contributed by atoms with van der Waals surface area (Å²) in [6.07, 6.45) is -0.544. The maximum atomic E-state index is 12.9. The third-order valence-corrected chi connectivity index (χ3v) is 4.55. The minimum Gasteiger partial charge on any atom is -0.497 e. The van der Waals surface area contributed by atoms with Crippen LogP contribution in [0, 0.1) is 0 Å². The van der Waals surface area contributed by atoms with Gasteiger partial charge in [0.25, 0.3) is 0 Å². The molecule has 0 fully saturated rings. The van der Waals surface area contributed by atoms with Crippen LogP contribution in [0.25, 0.3) is 0 Å². The number of rotatable bonds is 10. The summed E-state index contributed by atoms with van der Waals surface area (Å²) in [5.41, 5.74) is 6.31. The molecule has 0 spiro atoms. The van der Waals surface area contributed by atoms with Gasteiger partial charge in [0.1, 0.15) is 24.0 Å². The molecule has 0 aromatic heterocycles. The summed E-state index contributed by atoms with van der Waals surface area (Å²) in [6, 6.07) is 10.2. The molecule has 0 bridgehead atoms. The molecule has 0 saturated carbocycles. The monoisotopic (exact) mass is 464 g/mol. The molecule has 0 heterocycles. The number of methoxy groups -OCH3 is 3.